The van der Waals surface area contributed by atoms with Crippen molar-refractivity contribution < 1.29 is 14.3 Å². The molecule has 1 heterocycles. The molecule has 116 valence electrons. The second-order valence-electron chi connectivity index (χ2n) is 4.77. The third-order valence-electron chi connectivity index (χ3n) is 3.13. The summed E-state index contributed by atoms with van der Waals surface area (Å²) in [5.74, 6) is -0.515. The largest absolute Gasteiger partial charge is 0.378 e. The van der Waals surface area contributed by atoms with Gasteiger partial charge >= 0.3 is 0 Å². The van der Waals surface area contributed by atoms with Gasteiger partial charge in [0, 0.05) is 31.1 Å². The molecule has 1 aromatic rings. The number of morpholine rings is 1. The van der Waals surface area contributed by atoms with E-state index in [-0.39, 0.29) is 24.4 Å². The van der Waals surface area contributed by atoms with Crippen molar-refractivity contribution in [2.24, 2.45) is 5.73 Å². The van der Waals surface area contributed by atoms with Gasteiger partial charge in [0.05, 0.1) is 13.2 Å². The Balaban J connectivity index is 0.00000220. The van der Waals surface area contributed by atoms with Crippen molar-refractivity contribution in [3.8, 4) is 0 Å². The highest BCUT2D eigenvalue weighted by Gasteiger charge is 2.16. The van der Waals surface area contributed by atoms with Crippen molar-refractivity contribution in [1.82, 2.24) is 10.6 Å². The van der Waals surface area contributed by atoms with Gasteiger partial charge in [0.25, 0.3) is 0 Å². The van der Waals surface area contributed by atoms with E-state index in [4.69, 9.17) is 10.5 Å². The first-order valence-electron chi connectivity index (χ1n) is 6.62. The van der Waals surface area contributed by atoms with E-state index in [1.807, 2.05) is 6.07 Å². The number of nitrogens with two attached hydrogens (primary N) is 1. The number of hydrogen-bond donors (Lipinski definition) is 3. The van der Waals surface area contributed by atoms with Crippen molar-refractivity contribution in [1.29, 1.82) is 0 Å². The summed E-state index contributed by atoms with van der Waals surface area (Å²) < 4.78 is 5.29. The highest BCUT2D eigenvalue weighted by molar-refractivity contribution is 5.92. The maximum absolute atomic E-state index is 11.8. The predicted octanol–water partition coefficient (Wildman–Crippen LogP) is 0.202. The topological polar surface area (TPSA) is 93.5 Å². The van der Waals surface area contributed by atoms with Crippen LogP contribution in [0.4, 0.5) is 0 Å². The van der Waals surface area contributed by atoms with Crippen molar-refractivity contribution in [2.75, 3.05) is 19.8 Å². The molecule has 1 aliphatic rings. The molecular weight excluding hydrogens is 294 g/mol. The van der Waals surface area contributed by atoms with Crippen LogP contribution in [-0.4, -0.2) is 37.6 Å². The number of nitrogens with one attached hydrogen (secondary N) is 2. The van der Waals surface area contributed by atoms with Crippen LogP contribution in [0.15, 0.2) is 24.3 Å². The molecule has 1 unspecified atom stereocenters. The molecule has 1 saturated heterocycles. The number of carbonyl (C=O) groups is 2. The maximum Gasteiger partial charge on any atom is 0.248 e. The van der Waals surface area contributed by atoms with Crippen LogP contribution in [0.3, 0.4) is 0 Å². The van der Waals surface area contributed by atoms with Crippen LogP contribution >= 0.6 is 12.4 Å². The fraction of sp³-hybridized carbons (Fsp3) is 0.429. The van der Waals surface area contributed by atoms with Crippen molar-refractivity contribution in [3.63, 3.8) is 0 Å². The molecule has 0 saturated carbocycles. The van der Waals surface area contributed by atoms with Crippen molar-refractivity contribution >= 4 is 24.2 Å². The summed E-state index contributed by atoms with van der Waals surface area (Å²) in [5.41, 5.74) is 6.51. The lowest BCUT2D eigenvalue weighted by atomic mass is 10.1. The van der Waals surface area contributed by atoms with Gasteiger partial charge < -0.3 is 21.1 Å². The van der Waals surface area contributed by atoms with E-state index >= 15 is 0 Å². The van der Waals surface area contributed by atoms with E-state index < -0.39 is 5.91 Å². The molecule has 2 rings (SSSR count). The molecule has 0 radical (unpaired) electrons. The molecular formula is C14H20ClN3O3. The monoisotopic (exact) mass is 313 g/mol. The second-order valence-corrected chi connectivity index (χ2v) is 4.77. The summed E-state index contributed by atoms with van der Waals surface area (Å²) >= 11 is 0. The van der Waals surface area contributed by atoms with Crippen LogP contribution in [0.2, 0.25) is 0 Å². The molecule has 7 heteroatoms. The maximum atomic E-state index is 11.8. The average molecular weight is 314 g/mol. The standard InChI is InChI=1S/C14H19N3O3.ClH/c15-14(19)11-3-1-2-10(6-11)8-17-13(18)7-12-9-20-5-4-16-12;/h1-3,6,12,16H,4-5,7-9H2,(H2,15,19)(H,17,18);1H. The van der Waals surface area contributed by atoms with Gasteiger partial charge in [0.15, 0.2) is 0 Å². The Hall–Kier alpha value is -1.63. The summed E-state index contributed by atoms with van der Waals surface area (Å²) in [6.45, 7) is 2.41. The molecule has 6 nitrogen and oxygen atoms in total. The molecule has 4 N–H and O–H groups in total. The summed E-state index contributed by atoms with van der Waals surface area (Å²) in [6, 6.07) is 7.00. The Bertz CT molecular complexity index is 490. The summed E-state index contributed by atoms with van der Waals surface area (Å²) in [4.78, 5) is 22.9. The van der Waals surface area contributed by atoms with Gasteiger partial charge in [-0.05, 0) is 17.7 Å². The van der Waals surface area contributed by atoms with E-state index in [0.29, 0.717) is 31.7 Å². The molecule has 1 aromatic carbocycles. The highest BCUT2D eigenvalue weighted by atomic mass is 35.5. The average Bonchev–Trinajstić information content (AvgIpc) is 2.46. The summed E-state index contributed by atoms with van der Waals surface area (Å²) in [7, 11) is 0. The number of ether oxygens (including phenoxy) is 1. The molecule has 21 heavy (non-hydrogen) atoms. The molecule has 2 amide bonds. The Morgan fingerprint density at radius 3 is 2.90 bits per heavy atom. The normalized spacial score (nSPS) is 17.6. The minimum absolute atomic E-state index is 0. The zero-order valence-electron chi connectivity index (χ0n) is 11.6. The highest BCUT2D eigenvalue weighted by Crippen LogP contribution is 2.05. The first-order valence-corrected chi connectivity index (χ1v) is 6.62. The van der Waals surface area contributed by atoms with Crippen LogP contribution in [-0.2, 0) is 16.1 Å². The fourth-order valence-electron chi connectivity index (χ4n) is 2.08. The zero-order chi connectivity index (χ0) is 14.4. The lowest BCUT2D eigenvalue weighted by molar-refractivity contribution is -0.122. The molecule has 0 aliphatic carbocycles. The molecule has 1 aliphatic heterocycles. The predicted molar refractivity (Wildman–Crippen MR) is 81.3 cm³/mol. The van der Waals surface area contributed by atoms with Gasteiger partial charge in [0.1, 0.15) is 0 Å². The molecule has 0 spiro atoms. The van der Waals surface area contributed by atoms with Crippen LogP contribution in [0, 0.1) is 0 Å². The fourth-order valence-corrected chi connectivity index (χ4v) is 2.08. The number of rotatable bonds is 5. The zero-order valence-corrected chi connectivity index (χ0v) is 12.4. The van der Waals surface area contributed by atoms with Crippen LogP contribution in [0.5, 0.6) is 0 Å². The number of halogens is 1. The van der Waals surface area contributed by atoms with Gasteiger partial charge in [0.2, 0.25) is 11.8 Å². The lowest BCUT2D eigenvalue weighted by Crippen LogP contribution is -2.44. The minimum atomic E-state index is -0.471. The Labute approximate surface area is 129 Å². The molecule has 0 bridgehead atoms. The lowest BCUT2D eigenvalue weighted by Gasteiger charge is -2.23. The summed E-state index contributed by atoms with van der Waals surface area (Å²) in [5, 5.41) is 6.05. The van der Waals surface area contributed by atoms with Gasteiger partial charge in [-0.3, -0.25) is 9.59 Å². The van der Waals surface area contributed by atoms with E-state index in [9.17, 15) is 9.59 Å². The van der Waals surface area contributed by atoms with Gasteiger partial charge in [-0.25, -0.2) is 0 Å². The van der Waals surface area contributed by atoms with Gasteiger partial charge in [-0.15, -0.1) is 12.4 Å². The molecule has 1 fully saturated rings. The van der Waals surface area contributed by atoms with E-state index in [0.717, 1.165) is 12.1 Å². The Morgan fingerprint density at radius 2 is 2.24 bits per heavy atom. The quantitative estimate of drug-likeness (QED) is 0.724. The van der Waals surface area contributed by atoms with Crippen molar-refractivity contribution in [2.45, 2.75) is 19.0 Å². The van der Waals surface area contributed by atoms with E-state index in [2.05, 4.69) is 10.6 Å². The molecule has 1 atom stereocenters. The molecule has 0 aromatic heterocycles. The Morgan fingerprint density at radius 1 is 1.43 bits per heavy atom. The van der Waals surface area contributed by atoms with Gasteiger partial charge in [-0.1, -0.05) is 12.1 Å². The van der Waals surface area contributed by atoms with Gasteiger partial charge in [-0.2, -0.15) is 0 Å². The first-order chi connectivity index (χ1) is 9.65. The smallest absolute Gasteiger partial charge is 0.248 e. The second kappa shape index (κ2) is 8.61. The van der Waals surface area contributed by atoms with Crippen LogP contribution in [0.25, 0.3) is 0 Å². The summed E-state index contributed by atoms with van der Waals surface area (Å²) in [6.07, 6.45) is 0.384. The minimum Gasteiger partial charge on any atom is -0.378 e. The first kappa shape index (κ1) is 17.4. The third kappa shape index (κ3) is 5.71. The van der Waals surface area contributed by atoms with Crippen LogP contribution in [0.1, 0.15) is 22.3 Å². The van der Waals surface area contributed by atoms with Crippen LogP contribution < -0.4 is 16.4 Å². The van der Waals surface area contributed by atoms with Crippen molar-refractivity contribution in [3.05, 3.63) is 35.4 Å². The number of amides is 2. The SMILES string of the molecule is Cl.NC(=O)c1cccc(CNC(=O)CC2COCCN2)c1. The number of hydrogen-bond acceptors (Lipinski definition) is 4. The number of benzene rings is 1. The van der Waals surface area contributed by atoms with E-state index in [1.165, 1.54) is 0 Å². The Kier molecular flexibility index (Phi) is 7.14. The third-order valence-corrected chi connectivity index (χ3v) is 3.13. The number of carbonyl (C=O) groups excluding carboxylic acids is 2. The van der Waals surface area contributed by atoms with E-state index in [1.54, 1.807) is 18.2 Å². The number of primary amides is 1.